The van der Waals surface area contributed by atoms with Crippen LogP contribution in [-0.2, 0) is 57.3 Å². The van der Waals surface area contributed by atoms with E-state index in [4.69, 9.17) is 24.8 Å². The van der Waals surface area contributed by atoms with Gasteiger partial charge in [0.15, 0.2) is 0 Å². The van der Waals surface area contributed by atoms with Gasteiger partial charge >= 0.3 is 47.8 Å². The first-order valence-corrected chi connectivity index (χ1v) is 18.1. The minimum absolute atomic E-state index is 0.0154. The third-order valence-corrected chi connectivity index (χ3v) is 12.9. The Morgan fingerprint density at radius 1 is 0.444 bits per heavy atom. The van der Waals surface area contributed by atoms with Crippen molar-refractivity contribution in [2.24, 2.45) is 94.7 Å². The third-order valence-electron chi connectivity index (χ3n) is 12.9. The number of allylic oxidation sites excluding steroid dienone is 8. The first-order valence-electron chi connectivity index (χ1n) is 18.1. The monoisotopic (exact) mass is 752 g/mol. The maximum Gasteiger partial charge on any atom is 0.318 e. The summed E-state index contributed by atoms with van der Waals surface area (Å²) in [5.41, 5.74) is 0. The Morgan fingerprint density at radius 2 is 0.667 bits per heavy atom. The van der Waals surface area contributed by atoms with E-state index in [1.807, 2.05) is 48.6 Å². The lowest BCUT2D eigenvalue weighted by Gasteiger charge is -2.23. The number of fused-ring (bicyclic) bond motifs is 11. The van der Waals surface area contributed by atoms with Crippen molar-refractivity contribution in [3.63, 3.8) is 0 Å². The van der Waals surface area contributed by atoms with Crippen molar-refractivity contribution in [1.82, 2.24) is 0 Å². The predicted molar refractivity (Wildman–Crippen MR) is 181 cm³/mol. The summed E-state index contributed by atoms with van der Waals surface area (Å²) in [5, 5.41) is 26.7. The molecule has 4 saturated carbocycles. The number of rotatable bonds is 6. The number of hydrogen-bond acceptors (Lipinski definition) is 12. The predicted octanol–water partition coefficient (Wildman–Crippen LogP) is 2.56. The summed E-state index contributed by atoms with van der Waals surface area (Å²) in [5.74, 6) is -7.16. The largest absolute Gasteiger partial charge is 0.481 e. The Hall–Kier alpha value is -5.08. The van der Waals surface area contributed by atoms with E-state index in [1.165, 1.54) is 21.3 Å². The number of esters is 5. The number of ether oxygens (including phenoxy) is 4. The summed E-state index contributed by atoms with van der Waals surface area (Å²) in [4.78, 5) is 89.5. The molecule has 1 aliphatic heterocycles. The van der Waals surface area contributed by atoms with E-state index in [0.717, 1.165) is 19.3 Å². The van der Waals surface area contributed by atoms with Gasteiger partial charge in [-0.3, -0.25) is 38.4 Å². The number of carboxylic acid groups (broad SMARTS) is 3. The molecule has 0 radical (unpaired) electrons. The topological polar surface area (TPSA) is 234 Å². The quantitative estimate of drug-likeness (QED) is 0.153. The van der Waals surface area contributed by atoms with Crippen LogP contribution >= 0.6 is 0 Å². The molecule has 9 aliphatic rings. The maximum absolute atomic E-state index is 11.6. The molecule has 0 aromatic carbocycles. The van der Waals surface area contributed by atoms with Gasteiger partial charge in [-0.25, -0.2) is 0 Å². The standard InChI is InChI=1S/C11H14O4.C10H12O4.C9H10O4.C9H8O3/c1-14-10(12)8-6-3-4-7(5-6)9(8)11(13)15-2;1-14-10(13)8-6-3-2-5(4-6)7(8)9(11)12;10-8(11)6-4-1-2-5(3-4)7(6)9(12)13;10-8-6-4-1-2-5(3-4)7(6)9(11)12-8/h3-4,6-9H,5H2,1-2H3;2-3,5-8H,4H2,1H3,(H,11,12);1-2,4-7H,3H2,(H,10,11)(H,12,13);1-2,4-7H,3H2. The van der Waals surface area contributed by atoms with Gasteiger partial charge in [-0.1, -0.05) is 48.6 Å². The normalized spacial score (nSPS) is 40.8. The second-order valence-electron chi connectivity index (χ2n) is 15.3. The molecule has 16 atom stereocenters. The molecule has 8 bridgehead atoms. The summed E-state index contributed by atoms with van der Waals surface area (Å²) in [7, 11) is 4.01. The number of carbonyl (C=O) groups is 8. The van der Waals surface area contributed by atoms with Gasteiger partial charge < -0.3 is 34.3 Å². The van der Waals surface area contributed by atoms with Crippen molar-refractivity contribution < 1.29 is 72.6 Å². The lowest BCUT2D eigenvalue weighted by Crippen LogP contribution is -2.34. The molecule has 9 rings (SSSR count). The smallest absolute Gasteiger partial charge is 0.318 e. The van der Waals surface area contributed by atoms with Crippen LogP contribution < -0.4 is 0 Å². The van der Waals surface area contributed by atoms with Crippen LogP contribution in [0.15, 0.2) is 48.6 Å². The molecule has 1 heterocycles. The minimum atomic E-state index is -0.982. The van der Waals surface area contributed by atoms with Gasteiger partial charge in [0.25, 0.3) is 0 Å². The van der Waals surface area contributed by atoms with Crippen LogP contribution in [0.2, 0.25) is 0 Å². The van der Waals surface area contributed by atoms with Crippen LogP contribution in [0.1, 0.15) is 25.7 Å². The number of cyclic esters (lactones) is 2. The van der Waals surface area contributed by atoms with E-state index in [2.05, 4.69) is 9.47 Å². The molecule has 0 aromatic rings. The van der Waals surface area contributed by atoms with E-state index in [9.17, 15) is 38.4 Å². The minimum Gasteiger partial charge on any atom is -0.481 e. The van der Waals surface area contributed by atoms with Gasteiger partial charge in [-0.15, -0.1) is 0 Å². The fourth-order valence-electron chi connectivity index (χ4n) is 10.5. The molecule has 290 valence electrons. The van der Waals surface area contributed by atoms with E-state index in [0.29, 0.717) is 6.42 Å². The van der Waals surface area contributed by atoms with Crippen LogP contribution in [0.4, 0.5) is 0 Å². The van der Waals surface area contributed by atoms with Crippen molar-refractivity contribution >= 4 is 47.8 Å². The first-order chi connectivity index (χ1) is 25.7. The fraction of sp³-hybridized carbons (Fsp3) is 0.590. The van der Waals surface area contributed by atoms with Crippen molar-refractivity contribution in [3.05, 3.63) is 48.6 Å². The molecule has 1 saturated heterocycles. The summed E-state index contributed by atoms with van der Waals surface area (Å²) in [6.45, 7) is 0. The number of carboxylic acids is 3. The average molecular weight is 753 g/mol. The highest BCUT2D eigenvalue weighted by molar-refractivity contribution is 5.98. The summed E-state index contributed by atoms with van der Waals surface area (Å²) in [6.07, 6.45) is 18.9. The van der Waals surface area contributed by atoms with Gasteiger partial charge in [0.1, 0.15) is 0 Å². The highest BCUT2D eigenvalue weighted by Gasteiger charge is 2.58. The van der Waals surface area contributed by atoms with Gasteiger partial charge in [-0.05, 0) is 73.0 Å². The van der Waals surface area contributed by atoms with Crippen LogP contribution in [-0.4, -0.2) is 84.4 Å². The number of methoxy groups -OCH3 is 3. The second kappa shape index (κ2) is 15.3. The molecule has 8 aliphatic carbocycles. The van der Waals surface area contributed by atoms with E-state index >= 15 is 0 Å². The molecule has 0 spiro atoms. The third kappa shape index (κ3) is 6.77. The molecule has 15 nitrogen and oxygen atoms in total. The Labute approximate surface area is 310 Å². The first kappa shape index (κ1) is 38.6. The van der Waals surface area contributed by atoms with Crippen molar-refractivity contribution in [1.29, 1.82) is 0 Å². The number of carbonyl (C=O) groups excluding carboxylic acids is 5. The molecular weight excluding hydrogens is 708 g/mol. The Kier molecular flexibility index (Phi) is 11.0. The van der Waals surface area contributed by atoms with Gasteiger partial charge in [0, 0.05) is 0 Å². The lowest BCUT2D eigenvalue weighted by atomic mass is 9.83. The molecule has 15 heteroatoms. The fourth-order valence-corrected chi connectivity index (χ4v) is 10.5. The molecule has 0 aromatic heterocycles. The van der Waals surface area contributed by atoms with Crippen molar-refractivity contribution in [2.45, 2.75) is 25.7 Å². The highest BCUT2D eigenvalue weighted by Crippen LogP contribution is 2.52. The summed E-state index contributed by atoms with van der Waals surface area (Å²) >= 11 is 0. The highest BCUT2D eigenvalue weighted by atomic mass is 16.6. The number of hydrogen-bond donors (Lipinski definition) is 3. The van der Waals surface area contributed by atoms with Crippen LogP contribution in [0.25, 0.3) is 0 Å². The Morgan fingerprint density at radius 3 is 0.944 bits per heavy atom. The lowest BCUT2D eigenvalue weighted by molar-refractivity contribution is -0.158. The summed E-state index contributed by atoms with van der Waals surface area (Å²) in [6, 6.07) is 0. The van der Waals surface area contributed by atoms with Crippen LogP contribution in [0.5, 0.6) is 0 Å². The van der Waals surface area contributed by atoms with Crippen molar-refractivity contribution in [3.8, 4) is 0 Å². The van der Waals surface area contributed by atoms with Gasteiger partial charge in [-0.2, -0.15) is 0 Å². The molecule has 0 amide bonds. The van der Waals surface area contributed by atoms with Gasteiger partial charge in [0.05, 0.1) is 68.7 Å². The van der Waals surface area contributed by atoms with Crippen molar-refractivity contribution in [2.75, 3.05) is 21.3 Å². The zero-order valence-corrected chi connectivity index (χ0v) is 29.9. The number of aliphatic carboxylic acids is 3. The average Bonchev–Trinajstić information content (AvgIpc) is 4.00. The molecule has 3 N–H and O–H groups in total. The molecule has 16 unspecified atom stereocenters. The van der Waals surface area contributed by atoms with Crippen LogP contribution in [0.3, 0.4) is 0 Å². The molecule has 5 fully saturated rings. The molecule has 54 heavy (non-hydrogen) atoms. The van der Waals surface area contributed by atoms with E-state index < -0.39 is 47.5 Å². The van der Waals surface area contributed by atoms with Gasteiger partial charge in [0.2, 0.25) is 0 Å². The van der Waals surface area contributed by atoms with E-state index in [-0.39, 0.29) is 94.9 Å². The second-order valence-corrected chi connectivity index (χ2v) is 15.3. The van der Waals surface area contributed by atoms with Crippen LogP contribution in [0, 0.1) is 94.7 Å². The zero-order valence-electron chi connectivity index (χ0n) is 29.9. The Balaban J connectivity index is 0.000000123. The van der Waals surface area contributed by atoms with E-state index in [1.54, 1.807) is 0 Å². The zero-order chi connectivity index (χ0) is 39.2. The summed E-state index contributed by atoms with van der Waals surface area (Å²) < 4.78 is 18.7. The SMILES string of the molecule is COC(=O)C1C2C=CC(C2)C1C(=O)O.COC(=O)C1C2C=CC(C2)C1C(=O)OC.O=C(O)C1C2C=CC(C2)C1C(=O)O.O=C1OC(=O)C2C3C=CC(C3)C12. The molecular formula is C39H44O15. The maximum atomic E-state index is 11.6. The Bertz CT molecular complexity index is 1640.